The van der Waals surface area contributed by atoms with Gasteiger partial charge < -0.3 is 9.52 Å². The number of para-hydroxylation sites is 1. The molecule has 0 saturated carbocycles. The molecule has 1 aromatic carbocycles. The molecule has 3 nitrogen and oxygen atoms in total. The van der Waals surface area contributed by atoms with Gasteiger partial charge in [-0.15, -0.1) is 0 Å². The van der Waals surface area contributed by atoms with Crippen LogP contribution in [0.3, 0.4) is 0 Å². The van der Waals surface area contributed by atoms with Crippen LogP contribution in [0.15, 0.2) is 22.6 Å². The number of hydrogen-bond acceptors (Lipinski definition) is 3. The van der Waals surface area contributed by atoms with Crippen LogP contribution in [0.5, 0.6) is 0 Å². The number of nitrogens with zero attached hydrogens (tertiary/aromatic N) is 1. The van der Waals surface area contributed by atoms with E-state index in [-0.39, 0.29) is 12.6 Å². The smallest absolute Gasteiger partial charge is 0.139 e. The normalized spacial score (nSPS) is 24.8. The Hall–Kier alpha value is -1.32. The van der Waals surface area contributed by atoms with E-state index < -0.39 is 0 Å². The van der Waals surface area contributed by atoms with E-state index in [1.165, 1.54) is 30.2 Å². The molecule has 3 unspecified atom stereocenters. The van der Waals surface area contributed by atoms with Crippen LogP contribution < -0.4 is 0 Å². The van der Waals surface area contributed by atoms with Crippen molar-refractivity contribution in [2.45, 2.75) is 65.1 Å². The first-order chi connectivity index (χ1) is 10.5. The number of aryl methyl sites for hydroxylation is 2. The molecule has 0 aliphatic carbocycles. The third kappa shape index (κ3) is 2.46. The van der Waals surface area contributed by atoms with Gasteiger partial charge in [-0.05, 0) is 46.1 Å². The van der Waals surface area contributed by atoms with Crippen LogP contribution in [0, 0.1) is 13.8 Å². The Bertz CT molecular complexity index is 651. The number of hydrogen-bond donors (Lipinski definition) is 1. The molecule has 1 aliphatic heterocycles. The summed E-state index contributed by atoms with van der Waals surface area (Å²) in [6.07, 6.45) is 3.68. The van der Waals surface area contributed by atoms with Crippen molar-refractivity contribution in [2.75, 3.05) is 6.61 Å². The van der Waals surface area contributed by atoms with Crippen molar-refractivity contribution in [1.82, 2.24) is 4.90 Å². The van der Waals surface area contributed by atoms with Crippen LogP contribution in [0.2, 0.25) is 0 Å². The standard InChI is InChI=1S/C19H27NO2/c1-12-7-5-8-13(2)20(12)18(11-21)17-10-6-9-16-14(3)15(4)22-19(16)17/h6,9-10,12-13,18,21H,5,7-8,11H2,1-4H3. The zero-order chi connectivity index (χ0) is 15.9. The van der Waals surface area contributed by atoms with Gasteiger partial charge in [0.1, 0.15) is 11.3 Å². The van der Waals surface area contributed by atoms with Crippen LogP contribution >= 0.6 is 0 Å². The van der Waals surface area contributed by atoms with Crippen molar-refractivity contribution < 1.29 is 9.52 Å². The number of rotatable bonds is 3. The number of piperidine rings is 1. The Morgan fingerprint density at radius 3 is 2.55 bits per heavy atom. The van der Waals surface area contributed by atoms with Crippen molar-refractivity contribution in [1.29, 1.82) is 0 Å². The predicted molar refractivity (Wildman–Crippen MR) is 90.1 cm³/mol. The van der Waals surface area contributed by atoms with Gasteiger partial charge in [-0.2, -0.15) is 0 Å². The van der Waals surface area contributed by atoms with Gasteiger partial charge in [-0.1, -0.05) is 24.6 Å². The maximum Gasteiger partial charge on any atom is 0.139 e. The van der Waals surface area contributed by atoms with Gasteiger partial charge in [0.05, 0.1) is 12.6 Å². The minimum Gasteiger partial charge on any atom is -0.461 e. The summed E-state index contributed by atoms with van der Waals surface area (Å²) >= 11 is 0. The summed E-state index contributed by atoms with van der Waals surface area (Å²) < 4.78 is 6.04. The molecule has 0 radical (unpaired) electrons. The number of fused-ring (bicyclic) bond motifs is 1. The van der Waals surface area contributed by atoms with Gasteiger partial charge in [-0.3, -0.25) is 4.90 Å². The maximum atomic E-state index is 10.1. The lowest BCUT2D eigenvalue weighted by atomic mass is 9.92. The van der Waals surface area contributed by atoms with Gasteiger partial charge in [0, 0.05) is 23.0 Å². The van der Waals surface area contributed by atoms with Gasteiger partial charge >= 0.3 is 0 Å². The number of aliphatic hydroxyl groups is 1. The van der Waals surface area contributed by atoms with Crippen LogP contribution in [-0.4, -0.2) is 28.7 Å². The van der Waals surface area contributed by atoms with Gasteiger partial charge in [0.25, 0.3) is 0 Å². The van der Waals surface area contributed by atoms with Crippen LogP contribution in [0.25, 0.3) is 11.0 Å². The van der Waals surface area contributed by atoms with Gasteiger partial charge in [0.15, 0.2) is 0 Å². The van der Waals surface area contributed by atoms with E-state index in [0.29, 0.717) is 12.1 Å². The SMILES string of the molecule is Cc1oc2c(C(CO)N3C(C)CCCC3C)cccc2c1C. The fraction of sp³-hybridized carbons (Fsp3) is 0.579. The molecule has 3 atom stereocenters. The summed E-state index contributed by atoms with van der Waals surface area (Å²) in [5.41, 5.74) is 3.27. The summed E-state index contributed by atoms with van der Waals surface area (Å²) in [5.74, 6) is 0.971. The highest BCUT2D eigenvalue weighted by Gasteiger charge is 2.33. The number of furan rings is 1. The molecular weight excluding hydrogens is 274 g/mol. The third-order valence-electron chi connectivity index (χ3n) is 5.39. The van der Waals surface area contributed by atoms with E-state index in [4.69, 9.17) is 4.42 Å². The lowest BCUT2D eigenvalue weighted by Gasteiger charge is -2.43. The van der Waals surface area contributed by atoms with E-state index in [0.717, 1.165) is 16.9 Å². The number of aliphatic hydroxyl groups excluding tert-OH is 1. The molecule has 1 fully saturated rings. The summed E-state index contributed by atoms with van der Waals surface area (Å²) in [6.45, 7) is 8.80. The zero-order valence-corrected chi connectivity index (χ0v) is 14.1. The quantitative estimate of drug-likeness (QED) is 0.916. The largest absolute Gasteiger partial charge is 0.461 e. The molecule has 3 rings (SSSR count). The zero-order valence-electron chi connectivity index (χ0n) is 14.1. The fourth-order valence-corrected chi connectivity index (χ4v) is 4.05. The Morgan fingerprint density at radius 2 is 1.91 bits per heavy atom. The highest BCUT2D eigenvalue weighted by molar-refractivity contribution is 5.85. The minimum absolute atomic E-state index is 0.0129. The Morgan fingerprint density at radius 1 is 1.23 bits per heavy atom. The summed E-state index contributed by atoms with van der Waals surface area (Å²) in [4.78, 5) is 2.48. The van der Waals surface area contributed by atoms with Crippen LogP contribution in [0.1, 0.15) is 56.0 Å². The maximum absolute atomic E-state index is 10.1. The van der Waals surface area contributed by atoms with Gasteiger partial charge in [-0.25, -0.2) is 0 Å². The summed E-state index contributed by atoms with van der Waals surface area (Å²) in [7, 11) is 0. The second kappa shape index (κ2) is 6.05. The van der Waals surface area contributed by atoms with E-state index >= 15 is 0 Å². The summed E-state index contributed by atoms with van der Waals surface area (Å²) in [6, 6.07) is 7.31. The lowest BCUT2D eigenvalue weighted by molar-refractivity contribution is 0.0251. The molecule has 1 aliphatic rings. The summed E-state index contributed by atoms with van der Waals surface area (Å²) in [5, 5.41) is 11.3. The molecule has 0 spiro atoms. The molecule has 3 heteroatoms. The first-order valence-electron chi connectivity index (χ1n) is 8.41. The highest BCUT2D eigenvalue weighted by atomic mass is 16.3. The molecular formula is C19H27NO2. The first-order valence-corrected chi connectivity index (χ1v) is 8.41. The molecule has 1 aromatic heterocycles. The number of benzene rings is 1. The monoisotopic (exact) mass is 301 g/mol. The molecule has 120 valence electrons. The number of likely N-dealkylation sites (tertiary alicyclic amines) is 1. The third-order valence-corrected chi connectivity index (χ3v) is 5.39. The molecule has 2 aromatic rings. The van der Waals surface area contributed by atoms with Crippen molar-refractivity contribution in [3.63, 3.8) is 0 Å². The first kappa shape index (κ1) is 15.6. The minimum atomic E-state index is 0.0129. The molecule has 22 heavy (non-hydrogen) atoms. The van der Waals surface area contributed by atoms with E-state index in [9.17, 15) is 5.11 Å². The van der Waals surface area contributed by atoms with Gasteiger partial charge in [0.2, 0.25) is 0 Å². The average Bonchev–Trinajstić information content (AvgIpc) is 2.79. The van der Waals surface area contributed by atoms with Crippen molar-refractivity contribution in [2.24, 2.45) is 0 Å². The Labute approximate surface area is 132 Å². The predicted octanol–water partition coefficient (Wildman–Crippen LogP) is 4.35. The van der Waals surface area contributed by atoms with Crippen molar-refractivity contribution in [3.05, 3.63) is 35.1 Å². The molecule has 0 bridgehead atoms. The highest BCUT2D eigenvalue weighted by Crippen LogP contribution is 2.37. The Balaban J connectivity index is 2.09. The topological polar surface area (TPSA) is 36.6 Å². The van der Waals surface area contributed by atoms with Crippen LogP contribution in [0.4, 0.5) is 0 Å². The second-order valence-corrected chi connectivity index (χ2v) is 6.78. The van der Waals surface area contributed by atoms with Crippen LogP contribution in [-0.2, 0) is 0 Å². The second-order valence-electron chi connectivity index (χ2n) is 6.78. The molecule has 1 N–H and O–H groups in total. The Kier molecular flexibility index (Phi) is 4.28. The molecule has 0 amide bonds. The molecule has 2 heterocycles. The van der Waals surface area contributed by atoms with E-state index in [2.05, 4.69) is 43.9 Å². The van der Waals surface area contributed by atoms with Crippen molar-refractivity contribution in [3.8, 4) is 0 Å². The van der Waals surface area contributed by atoms with E-state index in [1.54, 1.807) is 0 Å². The fourth-order valence-electron chi connectivity index (χ4n) is 4.05. The molecule has 1 saturated heterocycles. The average molecular weight is 301 g/mol. The van der Waals surface area contributed by atoms with E-state index in [1.807, 2.05) is 6.92 Å². The lowest BCUT2D eigenvalue weighted by Crippen LogP contribution is -2.47. The van der Waals surface area contributed by atoms with Crippen molar-refractivity contribution >= 4 is 11.0 Å².